The van der Waals surface area contributed by atoms with Crippen LogP contribution in [0.15, 0.2) is 18.5 Å². The molecule has 1 aliphatic heterocycles. The van der Waals surface area contributed by atoms with Crippen molar-refractivity contribution in [3.8, 4) is 0 Å². The Hall–Kier alpha value is -1.09. The fourth-order valence-electron chi connectivity index (χ4n) is 2.89. The molecule has 0 bridgehead atoms. The second-order valence-corrected chi connectivity index (χ2v) is 6.18. The summed E-state index contributed by atoms with van der Waals surface area (Å²) in [6, 6.07) is 2.95. The lowest BCUT2D eigenvalue weighted by Crippen LogP contribution is -2.27. The molecular formula is C16H25N3. The molecule has 1 unspecified atom stereocenters. The lowest BCUT2D eigenvalue weighted by molar-refractivity contribution is 0.521. The normalized spacial score (nSPS) is 24.3. The number of aromatic nitrogens is 1. The van der Waals surface area contributed by atoms with Crippen molar-refractivity contribution in [2.24, 2.45) is 5.92 Å². The average molecular weight is 259 g/mol. The Balaban J connectivity index is 1.70. The summed E-state index contributed by atoms with van der Waals surface area (Å²) in [4.78, 5) is 6.89. The van der Waals surface area contributed by atoms with Crippen molar-refractivity contribution in [2.75, 3.05) is 18.0 Å². The molecule has 1 saturated carbocycles. The number of pyridine rings is 1. The van der Waals surface area contributed by atoms with Crippen LogP contribution in [-0.2, 0) is 6.54 Å². The van der Waals surface area contributed by atoms with Gasteiger partial charge in [-0.1, -0.05) is 6.92 Å². The lowest BCUT2D eigenvalue weighted by atomic mass is 10.0. The van der Waals surface area contributed by atoms with E-state index < -0.39 is 0 Å². The molecule has 0 spiro atoms. The summed E-state index contributed by atoms with van der Waals surface area (Å²) in [6.45, 7) is 5.74. The standard InChI is InChI=1S/C16H25N3/c1-13-3-2-9-19(10-7-13)16-12-17-8-6-14(16)11-18-15-4-5-15/h6,8,12-13,15,18H,2-5,7,9-11H2,1H3. The monoisotopic (exact) mass is 259 g/mol. The van der Waals surface area contributed by atoms with E-state index >= 15 is 0 Å². The zero-order valence-electron chi connectivity index (χ0n) is 11.9. The Labute approximate surface area is 116 Å². The van der Waals surface area contributed by atoms with Crippen LogP contribution in [0.3, 0.4) is 0 Å². The third-order valence-corrected chi connectivity index (χ3v) is 4.40. The minimum Gasteiger partial charge on any atom is -0.370 e. The molecule has 0 aromatic carbocycles. The Morgan fingerprint density at radius 1 is 1.26 bits per heavy atom. The molecule has 1 aromatic heterocycles. The van der Waals surface area contributed by atoms with Crippen LogP contribution < -0.4 is 10.2 Å². The SMILES string of the molecule is CC1CCCN(c2cnccc2CNC2CC2)CC1. The number of nitrogens with zero attached hydrogens (tertiary/aromatic N) is 2. The predicted molar refractivity (Wildman–Crippen MR) is 79.3 cm³/mol. The zero-order chi connectivity index (χ0) is 13.1. The lowest BCUT2D eigenvalue weighted by Gasteiger charge is -2.25. The van der Waals surface area contributed by atoms with Crippen molar-refractivity contribution in [1.29, 1.82) is 0 Å². The Morgan fingerprint density at radius 2 is 2.16 bits per heavy atom. The van der Waals surface area contributed by atoms with Crippen LogP contribution in [0.25, 0.3) is 0 Å². The van der Waals surface area contributed by atoms with E-state index in [4.69, 9.17) is 0 Å². The van der Waals surface area contributed by atoms with Gasteiger partial charge >= 0.3 is 0 Å². The smallest absolute Gasteiger partial charge is 0.0598 e. The molecule has 3 rings (SSSR count). The van der Waals surface area contributed by atoms with Gasteiger partial charge in [-0.3, -0.25) is 4.98 Å². The molecule has 104 valence electrons. The Kier molecular flexibility index (Phi) is 4.02. The summed E-state index contributed by atoms with van der Waals surface area (Å²) < 4.78 is 0. The number of nitrogens with one attached hydrogen (secondary N) is 1. The minimum atomic E-state index is 0.769. The molecule has 3 nitrogen and oxygen atoms in total. The molecule has 1 atom stereocenters. The molecule has 19 heavy (non-hydrogen) atoms. The van der Waals surface area contributed by atoms with E-state index in [9.17, 15) is 0 Å². The summed E-state index contributed by atoms with van der Waals surface area (Å²) in [7, 11) is 0. The summed E-state index contributed by atoms with van der Waals surface area (Å²) in [5.41, 5.74) is 2.77. The molecule has 1 saturated heterocycles. The Bertz CT molecular complexity index is 414. The fraction of sp³-hybridized carbons (Fsp3) is 0.688. The quantitative estimate of drug-likeness (QED) is 0.901. The van der Waals surface area contributed by atoms with Crippen LogP contribution in [0.5, 0.6) is 0 Å². The van der Waals surface area contributed by atoms with Gasteiger partial charge in [0.1, 0.15) is 0 Å². The van der Waals surface area contributed by atoms with Crippen LogP contribution in [0.1, 0.15) is 44.6 Å². The Morgan fingerprint density at radius 3 is 3.00 bits per heavy atom. The number of rotatable bonds is 4. The first-order valence-corrected chi connectivity index (χ1v) is 7.74. The fourth-order valence-corrected chi connectivity index (χ4v) is 2.89. The third kappa shape index (κ3) is 3.47. The highest BCUT2D eigenvalue weighted by molar-refractivity contribution is 5.51. The van der Waals surface area contributed by atoms with Gasteiger partial charge in [-0.05, 0) is 49.7 Å². The maximum atomic E-state index is 4.34. The van der Waals surface area contributed by atoms with Crippen LogP contribution in [0.2, 0.25) is 0 Å². The highest BCUT2D eigenvalue weighted by Crippen LogP contribution is 2.26. The van der Waals surface area contributed by atoms with E-state index in [2.05, 4.69) is 34.4 Å². The molecule has 2 fully saturated rings. The highest BCUT2D eigenvalue weighted by Gasteiger charge is 2.21. The predicted octanol–water partition coefficient (Wildman–Crippen LogP) is 2.96. The van der Waals surface area contributed by atoms with E-state index in [1.807, 2.05) is 6.20 Å². The van der Waals surface area contributed by atoms with E-state index in [1.165, 1.54) is 56.4 Å². The van der Waals surface area contributed by atoms with Gasteiger partial charge in [0.25, 0.3) is 0 Å². The topological polar surface area (TPSA) is 28.2 Å². The minimum absolute atomic E-state index is 0.769. The van der Waals surface area contributed by atoms with Crippen LogP contribution in [0.4, 0.5) is 5.69 Å². The first kappa shape index (κ1) is 12.9. The summed E-state index contributed by atoms with van der Waals surface area (Å²) in [5, 5.41) is 3.62. The van der Waals surface area contributed by atoms with Crippen molar-refractivity contribution in [3.63, 3.8) is 0 Å². The molecule has 0 amide bonds. The van der Waals surface area contributed by atoms with Gasteiger partial charge in [0.15, 0.2) is 0 Å². The first-order valence-electron chi connectivity index (χ1n) is 7.74. The maximum Gasteiger partial charge on any atom is 0.0598 e. The van der Waals surface area contributed by atoms with Crippen LogP contribution in [0, 0.1) is 5.92 Å². The number of hydrogen-bond acceptors (Lipinski definition) is 3. The summed E-state index contributed by atoms with van der Waals surface area (Å²) >= 11 is 0. The number of anilines is 1. The van der Waals surface area contributed by atoms with E-state index in [1.54, 1.807) is 0 Å². The average Bonchev–Trinajstić information content (AvgIpc) is 3.25. The van der Waals surface area contributed by atoms with Crippen LogP contribution in [-0.4, -0.2) is 24.1 Å². The van der Waals surface area contributed by atoms with Crippen molar-refractivity contribution >= 4 is 5.69 Å². The van der Waals surface area contributed by atoms with Crippen molar-refractivity contribution < 1.29 is 0 Å². The molecule has 2 heterocycles. The van der Waals surface area contributed by atoms with Gasteiger partial charge in [-0.25, -0.2) is 0 Å². The van der Waals surface area contributed by atoms with Gasteiger partial charge in [0.05, 0.1) is 11.9 Å². The number of hydrogen-bond donors (Lipinski definition) is 1. The van der Waals surface area contributed by atoms with Crippen LogP contribution >= 0.6 is 0 Å². The van der Waals surface area contributed by atoms with Gasteiger partial charge in [-0.2, -0.15) is 0 Å². The maximum absolute atomic E-state index is 4.34. The van der Waals surface area contributed by atoms with Crippen molar-refractivity contribution in [3.05, 3.63) is 24.0 Å². The van der Waals surface area contributed by atoms with E-state index in [-0.39, 0.29) is 0 Å². The van der Waals surface area contributed by atoms with Gasteiger partial charge in [0, 0.05) is 31.9 Å². The molecule has 1 aliphatic carbocycles. The molecule has 0 radical (unpaired) electrons. The summed E-state index contributed by atoms with van der Waals surface area (Å²) in [6.07, 6.45) is 10.7. The molecule has 2 aliphatic rings. The van der Waals surface area contributed by atoms with Crippen molar-refractivity contribution in [1.82, 2.24) is 10.3 Å². The highest BCUT2D eigenvalue weighted by atomic mass is 15.1. The molecular weight excluding hydrogens is 234 g/mol. The zero-order valence-corrected chi connectivity index (χ0v) is 11.9. The first-order chi connectivity index (χ1) is 9.33. The van der Waals surface area contributed by atoms with Crippen molar-refractivity contribution in [2.45, 2.75) is 51.6 Å². The second-order valence-electron chi connectivity index (χ2n) is 6.18. The van der Waals surface area contributed by atoms with Gasteiger partial charge in [0.2, 0.25) is 0 Å². The molecule has 1 N–H and O–H groups in total. The summed E-state index contributed by atoms with van der Waals surface area (Å²) in [5.74, 6) is 0.870. The van der Waals surface area contributed by atoms with Gasteiger partial charge in [-0.15, -0.1) is 0 Å². The second kappa shape index (κ2) is 5.91. The van der Waals surface area contributed by atoms with E-state index in [0.29, 0.717) is 0 Å². The largest absolute Gasteiger partial charge is 0.370 e. The molecule has 3 heteroatoms. The van der Waals surface area contributed by atoms with E-state index in [0.717, 1.165) is 18.5 Å². The van der Waals surface area contributed by atoms with Gasteiger partial charge < -0.3 is 10.2 Å². The third-order valence-electron chi connectivity index (χ3n) is 4.40. The molecule has 1 aromatic rings.